The van der Waals surface area contributed by atoms with E-state index >= 15 is 4.39 Å². The number of imidazole rings is 1. The van der Waals surface area contributed by atoms with Gasteiger partial charge in [-0.15, -0.1) is 0 Å². The molecular formula is C29H30F4N8O. The van der Waals surface area contributed by atoms with Crippen molar-refractivity contribution in [3.8, 4) is 28.7 Å². The summed E-state index contributed by atoms with van der Waals surface area (Å²) < 4.78 is 61.7. The molecule has 9 nitrogen and oxygen atoms in total. The van der Waals surface area contributed by atoms with Crippen molar-refractivity contribution < 1.29 is 22.3 Å². The highest BCUT2D eigenvalue weighted by Gasteiger charge is 2.39. The van der Waals surface area contributed by atoms with Crippen LogP contribution in [0.3, 0.4) is 0 Å². The van der Waals surface area contributed by atoms with Crippen molar-refractivity contribution in [1.29, 1.82) is 0 Å². The minimum atomic E-state index is -4.62. The number of hydrogen-bond acceptors (Lipinski definition) is 8. The van der Waals surface area contributed by atoms with Gasteiger partial charge in [-0.2, -0.15) is 13.2 Å². The number of anilines is 2. The van der Waals surface area contributed by atoms with Crippen LogP contribution in [-0.2, 0) is 19.8 Å². The van der Waals surface area contributed by atoms with E-state index in [1.807, 2.05) is 7.05 Å². The fourth-order valence-electron chi connectivity index (χ4n) is 5.57. The number of halogens is 4. The summed E-state index contributed by atoms with van der Waals surface area (Å²) in [6, 6.07) is 4.51. The number of nitrogens with zero attached hydrogens (tertiary/aromatic N) is 8. The molecule has 42 heavy (non-hydrogen) atoms. The molecule has 0 bridgehead atoms. The molecule has 0 N–H and O–H groups in total. The number of methoxy groups -OCH3 is 1. The molecule has 1 saturated carbocycles. The third-order valence-corrected chi connectivity index (χ3v) is 7.78. The monoisotopic (exact) mass is 582 g/mol. The van der Waals surface area contributed by atoms with Gasteiger partial charge in [0, 0.05) is 39.3 Å². The molecular weight excluding hydrogens is 552 g/mol. The number of aromatic nitrogens is 6. The van der Waals surface area contributed by atoms with Crippen LogP contribution in [0.2, 0.25) is 0 Å². The maximum Gasteiger partial charge on any atom is 0.434 e. The van der Waals surface area contributed by atoms with Gasteiger partial charge in [0.15, 0.2) is 17.3 Å². The fraction of sp³-hybridized carbons (Fsp3) is 0.414. The lowest BCUT2D eigenvalue weighted by Gasteiger charge is -2.48. The summed E-state index contributed by atoms with van der Waals surface area (Å²) in [5.41, 5.74) is 1.47. The quantitative estimate of drug-likeness (QED) is 0.271. The highest BCUT2D eigenvalue weighted by molar-refractivity contribution is 5.75. The first kappa shape index (κ1) is 27.9. The zero-order valence-electron chi connectivity index (χ0n) is 23.9. The molecule has 6 rings (SSSR count). The lowest BCUT2D eigenvalue weighted by atomic mass is 9.97. The third kappa shape index (κ3) is 4.90. The van der Waals surface area contributed by atoms with Gasteiger partial charge in [-0.05, 0) is 44.4 Å². The van der Waals surface area contributed by atoms with Crippen LogP contribution in [0, 0.1) is 5.82 Å². The number of aryl methyl sites for hydroxylation is 1. The fourth-order valence-corrected chi connectivity index (χ4v) is 5.57. The van der Waals surface area contributed by atoms with E-state index in [1.54, 1.807) is 19.4 Å². The minimum absolute atomic E-state index is 0.0109. The molecule has 1 aliphatic heterocycles. The van der Waals surface area contributed by atoms with Crippen LogP contribution in [-0.4, -0.2) is 55.7 Å². The van der Waals surface area contributed by atoms with Gasteiger partial charge < -0.3 is 19.1 Å². The average Bonchev–Trinajstić information content (AvgIpc) is 3.70. The SMILES string of the molecule is COc1ncnc(C2CC2)c1-c1ncc2c(n1)N(Cc1ccc(-c3nc(C(F)(F)F)cn3C)c(F)c1)C(C)(C)CN2C. The van der Waals surface area contributed by atoms with Crippen LogP contribution in [0.4, 0.5) is 29.1 Å². The van der Waals surface area contributed by atoms with Gasteiger partial charge in [0.05, 0.1) is 35.8 Å². The molecule has 1 aliphatic carbocycles. The molecule has 4 aromatic rings. The first-order chi connectivity index (χ1) is 19.9. The molecule has 0 amide bonds. The van der Waals surface area contributed by atoms with Crippen LogP contribution < -0.4 is 14.5 Å². The van der Waals surface area contributed by atoms with Crippen LogP contribution in [0.5, 0.6) is 5.88 Å². The van der Waals surface area contributed by atoms with Crippen LogP contribution >= 0.6 is 0 Å². The Morgan fingerprint density at radius 2 is 1.83 bits per heavy atom. The second kappa shape index (κ2) is 9.92. The van der Waals surface area contributed by atoms with E-state index in [0.29, 0.717) is 47.7 Å². The summed E-state index contributed by atoms with van der Waals surface area (Å²) in [6.07, 6.45) is 1.54. The Kier molecular flexibility index (Phi) is 6.58. The van der Waals surface area contributed by atoms with E-state index in [2.05, 4.69) is 43.6 Å². The van der Waals surface area contributed by atoms with Crippen LogP contribution in [0.15, 0.2) is 36.9 Å². The Morgan fingerprint density at radius 1 is 1.07 bits per heavy atom. The van der Waals surface area contributed by atoms with E-state index in [0.717, 1.165) is 30.4 Å². The van der Waals surface area contributed by atoms with Crippen molar-refractivity contribution in [3.63, 3.8) is 0 Å². The van der Waals surface area contributed by atoms with Crippen molar-refractivity contribution in [2.75, 3.05) is 30.5 Å². The van der Waals surface area contributed by atoms with E-state index in [9.17, 15) is 13.2 Å². The highest BCUT2D eigenvalue weighted by Crippen LogP contribution is 2.46. The Bertz CT molecular complexity index is 1660. The van der Waals surface area contributed by atoms with E-state index in [-0.39, 0.29) is 11.4 Å². The first-order valence-electron chi connectivity index (χ1n) is 13.5. The molecule has 220 valence electrons. The predicted molar refractivity (Wildman–Crippen MR) is 149 cm³/mol. The van der Waals surface area contributed by atoms with Gasteiger partial charge in [-0.3, -0.25) is 0 Å². The highest BCUT2D eigenvalue weighted by atomic mass is 19.4. The smallest absolute Gasteiger partial charge is 0.434 e. The second-order valence-corrected chi connectivity index (χ2v) is 11.4. The first-order valence-corrected chi connectivity index (χ1v) is 13.5. The topological polar surface area (TPSA) is 85.1 Å². The number of rotatable bonds is 6. The van der Waals surface area contributed by atoms with Gasteiger partial charge in [0.1, 0.15) is 23.5 Å². The number of benzene rings is 1. The number of hydrogen-bond donors (Lipinski definition) is 0. The molecule has 13 heteroatoms. The van der Waals surface area contributed by atoms with Gasteiger partial charge in [-0.1, -0.05) is 6.07 Å². The van der Waals surface area contributed by atoms with E-state index in [1.165, 1.54) is 30.1 Å². The van der Waals surface area contributed by atoms with E-state index in [4.69, 9.17) is 9.72 Å². The van der Waals surface area contributed by atoms with Crippen LogP contribution in [0.25, 0.3) is 22.8 Å². The summed E-state index contributed by atoms with van der Waals surface area (Å²) in [5, 5.41) is 0. The molecule has 0 spiro atoms. The summed E-state index contributed by atoms with van der Waals surface area (Å²) in [4.78, 5) is 26.3. The van der Waals surface area contributed by atoms with Crippen molar-refractivity contribution in [1.82, 2.24) is 29.5 Å². The standard InChI is InChI=1S/C29H30F4N8O/c1-28(2)14-40(4)20-11-34-24(22-23(17-7-8-17)35-15-36-27(22)42-5)38-26(20)41(28)12-16-6-9-18(19(30)10-16)25-37-21(13-39(25)3)29(31,32)33/h6,9-11,13,15,17H,7-8,12,14H2,1-5H3. The molecule has 1 fully saturated rings. The van der Waals surface area contributed by atoms with Crippen molar-refractivity contribution in [3.05, 3.63) is 59.7 Å². The molecule has 0 radical (unpaired) electrons. The maximum atomic E-state index is 15.4. The molecule has 1 aromatic carbocycles. The Balaban J connectivity index is 1.39. The number of fused-ring (bicyclic) bond motifs is 1. The lowest BCUT2D eigenvalue weighted by molar-refractivity contribution is -0.140. The molecule has 0 atom stereocenters. The summed E-state index contributed by atoms with van der Waals surface area (Å²) in [6.45, 7) is 5.11. The van der Waals surface area contributed by atoms with Gasteiger partial charge >= 0.3 is 6.18 Å². The minimum Gasteiger partial charge on any atom is -0.480 e. The summed E-state index contributed by atoms with van der Waals surface area (Å²) in [7, 11) is 4.93. The van der Waals surface area contributed by atoms with Gasteiger partial charge in [0.2, 0.25) is 5.88 Å². The molecule has 3 aromatic heterocycles. The maximum absolute atomic E-state index is 15.4. The van der Waals surface area contributed by atoms with Crippen molar-refractivity contribution in [2.45, 2.75) is 50.9 Å². The predicted octanol–water partition coefficient (Wildman–Crippen LogP) is 5.61. The number of likely N-dealkylation sites (N-methyl/N-ethyl adjacent to an activating group) is 1. The molecule has 2 aliphatic rings. The third-order valence-electron chi connectivity index (χ3n) is 7.78. The number of ether oxygens (including phenoxy) is 1. The largest absolute Gasteiger partial charge is 0.480 e. The lowest BCUT2D eigenvalue weighted by Crippen LogP contribution is -2.55. The zero-order chi connectivity index (χ0) is 30.0. The van der Waals surface area contributed by atoms with Crippen LogP contribution in [0.1, 0.15) is 49.6 Å². The Labute approximate surface area is 240 Å². The molecule has 4 heterocycles. The number of alkyl halides is 3. The Morgan fingerprint density at radius 3 is 2.48 bits per heavy atom. The zero-order valence-corrected chi connectivity index (χ0v) is 23.9. The van der Waals surface area contributed by atoms with Gasteiger partial charge in [0.25, 0.3) is 0 Å². The molecule has 0 saturated heterocycles. The molecule has 0 unspecified atom stereocenters. The van der Waals surface area contributed by atoms with Crippen molar-refractivity contribution in [2.24, 2.45) is 7.05 Å². The average molecular weight is 583 g/mol. The second-order valence-electron chi connectivity index (χ2n) is 11.4. The van der Waals surface area contributed by atoms with Gasteiger partial charge in [-0.25, -0.2) is 29.3 Å². The summed E-state index contributed by atoms with van der Waals surface area (Å²) in [5.74, 6) is 1.06. The normalized spacial score (nSPS) is 16.5. The van der Waals surface area contributed by atoms with Crippen molar-refractivity contribution >= 4 is 11.5 Å². The Hall–Kier alpha value is -4.29. The van der Waals surface area contributed by atoms with E-state index < -0.39 is 23.2 Å². The summed E-state index contributed by atoms with van der Waals surface area (Å²) >= 11 is 0.